The van der Waals surface area contributed by atoms with E-state index in [0.29, 0.717) is 0 Å². The standard InChI is InChI=1S/C16H22N2O2/c1-3-17-10-12-18(13-11-17)16(19)9-6-14-4-7-15(20-2)8-5-14/h4-9H,3,10-13H2,1-2H3/b9-6+. The van der Waals surface area contributed by atoms with Gasteiger partial charge in [0.25, 0.3) is 0 Å². The number of piperazine rings is 1. The lowest BCUT2D eigenvalue weighted by Crippen LogP contribution is -2.48. The van der Waals surface area contributed by atoms with Crippen LogP contribution in [0.2, 0.25) is 0 Å². The number of hydrogen-bond acceptors (Lipinski definition) is 3. The molecule has 2 rings (SSSR count). The van der Waals surface area contributed by atoms with Crippen molar-refractivity contribution in [2.45, 2.75) is 6.92 Å². The fraction of sp³-hybridized carbons (Fsp3) is 0.438. The fourth-order valence-electron chi connectivity index (χ4n) is 2.27. The Balaban J connectivity index is 1.88. The van der Waals surface area contributed by atoms with Crippen molar-refractivity contribution in [2.75, 3.05) is 39.8 Å². The molecule has 4 nitrogen and oxygen atoms in total. The topological polar surface area (TPSA) is 32.8 Å². The minimum atomic E-state index is 0.0940. The number of nitrogens with zero attached hydrogens (tertiary/aromatic N) is 2. The quantitative estimate of drug-likeness (QED) is 0.786. The summed E-state index contributed by atoms with van der Waals surface area (Å²) in [5.74, 6) is 0.917. The number of ether oxygens (including phenoxy) is 1. The van der Waals surface area contributed by atoms with Crippen molar-refractivity contribution in [1.82, 2.24) is 9.80 Å². The molecule has 0 saturated carbocycles. The van der Waals surface area contributed by atoms with Crippen molar-refractivity contribution in [1.29, 1.82) is 0 Å². The highest BCUT2D eigenvalue weighted by Crippen LogP contribution is 2.12. The third kappa shape index (κ3) is 3.84. The van der Waals surface area contributed by atoms with Gasteiger partial charge in [0.2, 0.25) is 5.91 Å². The van der Waals surface area contributed by atoms with E-state index >= 15 is 0 Å². The molecule has 1 aliphatic rings. The molecule has 1 fully saturated rings. The normalized spacial score (nSPS) is 16.6. The van der Waals surface area contributed by atoms with Crippen LogP contribution in [0, 0.1) is 0 Å². The summed E-state index contributed by atoms with van der Waals surface area (Å²) < 4.78 is 5.11. The van der Waals surface area contributed by atoms with Crippen LogP contribution < -0.4 is 4.74 Å². The number of likely N-dealkylation sites (N-methyl/N-ethyl adjacent to an activating group) is 1. The molecule has 1 aromatic carbocycles. The van der Waals surface area contributed by atoms with Crippen LogP contribution in [0.25, 0.3) is 6.08 Å². The summed E-state index contributed by atoms with van der Waals surface area (Å²) >= 11 is 0. The van der Waals surface area contributed by atoms with E-state index in [9.17, 15) is 4.79 Å². The Kier molecular flexibility index (Phi) is 5.18. The van der Waals surface area contributed by atoms with Gasteiger partial charge in [0.15, 0.2) is 0 Å². The molecule has 0 aromatic heterocycles. The fourth-order valence-corrected chi connectivity index (χ4v) is 2.27. The molecule has 4 heteroatoms. The van der Waals surface area contributed by atoms with Crippen LogP contribution in [-0.4, -0.2) is 55.5 Å². The smallest absolute Gasteiger partial charge is 0.246 e. The third-order valence-electron chi connectivity index (χ3n) is 3.67. The first-order valence-electron chi connectivity index (χ1n) is 7.06. The molecule has 0 bridgehead atoms. The Morgan fingerprint density at radius 1 is 1.20 bits per heavy atom. The van der Waals surface area contributed by atoms with E-state index in [1.807, 2.05) is 35.2 Å². The number of methoxy groups -OCH3 is 1. The lowest BCUT2D eigenvalue weighted by molar-refractivity contribution is -0.127. The van der Waals surface area contributed by atoms with E-state index < -0.39 is 0 Å². The molecular weight excluding hydrogens is 252 g/mol. The average Bonchev–Trinajstić information content (AvgIpc) is 2.53. The summed E-state index contributed by atoms with van der Waals surface area (Å²) in [7, 11) is 1.64. The van der Waals surface area contributed by atoms with Crippen LogP contribution in [-0.2, 0) is 4.79 Å². The second-order valence-corrected chi connectivity index (χ2v) is 4.87. The molecule has 1 heterocycles. The number of rotatable bonds is 4. The molecule has 20 heavy (non-hydrogen) atoms. The Bertz CT molecular complexity index is 460. The molecule has 1 amide bonds. The summed E-state index contributed by atoms with van der Waals surface area (Å²) in [6.45, 7) is 6.79. The summed E-state index contributed by atoms with van der Waals surface area (Å²) in [4.78, 5) is 16.4. The van der Waals surface area contributed by atoms with Gasteiger partial charge in [-0.2, -0.15) is 0 Å². The minimum absolute atomic E-state index is 0.0940. The second-order valence-electron chi connectivity index (χ2n) is 4.87. The highest BCUT2D eigenvalue weighted by molar-refractivity contribution is 5.91. The Hall–Kier alpha value is -1.81. The van der Waals surface area contributed by atoms with Gasteiger partial charge in [0.05, 0.1) is 7.11 Å². The van der Waals surface area contributed by atoms with E-state index in [-0.39, 0.29) is 5.91 Å². The van der Waals surface area contributed by atoms with Crippen molar-refractivity contribution in [2.24, 2.45) is 0 Å². The first kappa shape index (κ1) is 14.6. The van der Waals surface area contributed by atoms with Gasteiger partial charge in [-0.3, -0.25) is 4.79 Å². The van der Waals surface area contributed by atoms with Gasteiger partial charge in [0.1, 0.15) is 5.75 Å². The number of hydrogen-bond donors (Lipinski definition) is 0. The maximum Gasteiger partial charge on any atom is 0.246 e. The van der Waals surface area contributed by atoms with Crippen LogP contribution in [0.15, 0.2) is 30.3 Å². The zero-order valence-corrected chi connectivity index (χ0v) is 12.2. The molecule has 0 radical (unpaired) electrons. The maximum atomic E-state index is 12.1. The van der Waals surface area contributed by atoms with Crippen LogP contribution in [0.4, 0.5) is 0 Å². The molecule has 108 valence electrons. The number of carbonyl (C=O) groups is 1. The van der Waals surface area contributed by atoms with Gasteiger partial charge in [-0.05, 0) is 30.3 Å². The van der Waals surface area contributed by atoms with Crippen molar-refractivity contribution in [3.05, 3.63) is 35.9 Å². The zero-order chi connectivity index (χ0) is 14.4. The first-order chi connectivity index (χ1) is 9.72. The van der Waals surface area contributed by atoms with Crippen molar-refractivity contribution < 1.29 is 9.53 Å². The van der Waals surface area contributed by atoms with Gasteiger partial charge < -0.3 is 14.5 Å². The predicted octanol–water partition coefficient (Wildman–Crippen LogP) is 1.87. The van der Waals surface area contributed by atoms with Gasteiger partial charge >= 0.3 is 0 Å². The van der Waals surface area contributed by atoms with Gasteiger partial charge in [-0.25, -0.2) is 0 Å². The first-order valence-corrected chi connectivity index (χ1v) is 7.06. The Labute approximate surface area is 120 Å². The highest BCUT2D eigenvalue weighted by Gasteiger charge is 2.17. The van der Waals surface area contributed by atoms with E-state index in [1.165, 1.54) is 0 Å². The lowest BCUT2D eigenvalue weighted by Gasteiger charge is -2.33. The van der Waals surface area contributed by atoms with Crippen LogP contribution >= 0.6 is 0 Å². The predicted molar refractivity (Wildman–Crippen MR) is 80.7 cm³/mol. The van der Waals surface area contributed by atoms with Crippen molar-refractivity contribution >= 4 is 12.0 Å². The van der Waals surface area contributed by atoms with Gasteiger partial charge in [-0.15, -0.1) is 0 Å². The molecule has 0 unspecified atom stereocenters. The van der Waals surface area contributed by atoms with E-state index in [1.54, 1.807) is 13.2 Å². The lowest BCUT2D eigenvalue weighted by atomic mass is 10.2. The minimum Gasteiger partial charge on any atom is -0.497 e. The number of carbonyl (C=O) groups excluding carboxylic acids is 1. The molecular formula is C16H22N2O2. The molecule has 0 atom stereocenters. The van der Waals surface area contributed by atoms with E-state index in [4.69, 9.17) is 4.74 Å². The molecule has 0 aliphatic carbocycles. The second kappa shape index (κ2) is 7.10. The number of benzene rings is 1. The number of amides is 1. The SMILES string of the molecule is CCN1CCN(C(=O)/C=C/c2ccc(OC)cc2)CC1. The molecule has 0 N–H and O–H groups in total. The highest BCUT2D eigenvalue weighted by atomic mass is 16.5. The van der Waals surface area contributed by atoms with Gasteiger partial charge in [0, 0.05) is 32.3 Å². The average molecular weight is 274 g/mol. The monoisotopic (exact) mass is 274 g/mol. The summed E-state index contributed by atoms with van der Waals surface area (Å²) in [6, 6.07) is 7.67. The largest absolute Gasteiger partial charge is 0.497 e. The molecule has 1 aliphatic heterocycles. The Morgan fingerprint density at radius 2 is 1.85 bits per heavy atom. The summed E-state index contributed by atoms with van der Waals surface area (Å²) in [5, 5.41) is 0. The van der Waals surface area contributed by atoms with E-state index in [2.05, 4.69) is 11.8 Å². The molecule has 1 saturated heterocycles. The van der Waals surface area contributed by atoms with Crippen LogP contribution in [0.1, 0.15) is 12.5 Å². The van der Waals surface area contributed by atoms with Gasteiger partial charge in [-0.1, -0.05) is 19.1 Å². The molecule has 1 aromatic rings. The molecule has 0 spiro atoms. The van der Waals surface area contributed by atoms with Crippen LogP contribution in [0.5, 0.6) is 5.75 Å². The van der Waals surface area contributed by atoms with Crippen molar-refractivity contribution in [3.63, 3.8) is 0 Å². The van der Waals surface area contributed by atoms with E-state index in [0.717, 1.165) is 44.0 Å². The Morgan fingerprint density at radius 3 is 2.40 bits per heavy atom. The zero-order valence-electron chi connectivity index (χ0n) is 12.2. The van der Waals surface area contributed by atoms with Crippen LogP contribution in [0.3, 0.4) is 0 Å². The summed E-state index contributed by atoms with van der Waals surface area (Å²) in [5.41, 5.74) is 1.01. The van der Waals surface area contributed by atoms with Crippen molar-refractivity contribution in [3.8, 4) is 5.75 Å². The summed E-state index contributed by atoms with van der Waals surface area (Å²) in [6.07, 6.45) is 3.51. The third-order valence-corrected chi connectivity index (χ3v) is 3.67. The maximum absolute atomic E-state index is 12.1.